The van der Waals surface area contributed by atoms with Crippen LogP contribution in [0, 0.1) is 0 Å². The third-order valence-corrected chi connectivity index (χ3v) is 2.83. The highest BCUT2D eigenvalue weighted by Gasteiger charge is 2.01. The van der Waals surface area contributed by atoms with Crippen molar-refractivity contribution in [2.75, 3.05) is 19.5 Å². The quantitative estimate of drug-likeness (QED) is 0.702. The van der Waals surface area contributed by atoms with Crippen molar-refractivity contribution < 1.29 is 4.79 Å². The predicted molar refractivity (Wildman–Crippen MR) is 84.9 cm³/mol. The van der Waals surface area contributed by atoms with Crippen LogP contribution in [0.1, 0.15) is 11.1 Å². The fourth-order valence-corrected chi connectivity index (χ4v) is 1.83. The fourth-order valence-electron chi connectivity index (χ4n) is 1.83. The fraction of sp³-hybridized carbons (Fsp3) is 0.267. The van der Waals surface area contributed by atoms with Gasteiger partial charge in [-0.2, -0.15) is 0 Å². The topological polar surface area (TPSA) is 82.2 Å². The molecule has 0 unspecified atom stereocenters. The molecule has 0 radical (unpaired) electrons. The van der Waals surface area contributed by atoms with Gasteiger partial charge in [0.2, 0.25) is 5.95 Å². The van der Waals surface area contributed by atoms with Gasteiger partial charge in [-0.05, 0) is 31.3 Å². The molecule has 22 heavy (non-hydrogen) atoms. The third kappa shape index (κ3) is 5.37. The Balaban J connectivity index is 1.74. The van der Waals surface area contributed by atoms with Crippen LogP contribution in [0.15, 0.2) is 42.7 Å². The van der Waals surface area contributed by atoms with Crippen molar-refractivity contribution in [3.05, 3.63) is 53.9 Å². The lowest BCUT2D eigenvalue weighted by molar-refractivity contribution is 0.242. The van der Waals surface area contributed by atoms with Gasteiger partial charge in [0.05, 0.1) is 0 Å². The summed E-state index contributed by atoms with van der Waals surface area (Å²) in [5, 5.41) is 2.75. The molecule has 0 fully saturated rings. The van der Waals surface area contributed by atoms with Crippen LogP contribution in [0.4, 0.5) is 10.7 Å². The Hall–Kier alpha value is -2.67. The van der Waals surface area contributed by atoms with E-state index in [-0.39, 0.29) is 6.03 Å². The van der Waals surface area contributed by atoms with Crippen LogP contribution in [-0.4, -0.2) is 35.0 Å². The van der Waals surface area contributed by atoms with Crippen molar-refractivity contribution in [2.45, 2.75) is 13.1 Å². The number of carbonyl (C=O) groups excluding carboxylic acids is 1. The molecule has 3 N–H and O–H groups in total. The van der Waals surface area contributed by atoms with E-state index in [1.807, 2.05) is 26.2 Å². The number of carbonyl (C=O) groups is 1. The molecule has 1 aromatic carbocycles. The number of hydrazine groups is 1. The standard InChI is InChI=1S/C15H20N6O/c1-21(2)11-13-6-4-12(5-7-13)10-18-15(22)20-19-14-16-8-3-9-17-14/h3-9H,10-11H2,1-2H3,(H,16,17,19)(H2,18,20,22). The van der Waals surface area contributed by atoms with Crippen LogP contribution < -0.4 is 16.2 Å². The molecular formula is C15H20N6O. The summed E-state index contributed by atoms with van der Waals surface area (Å²) in [6.07, 6.45) is 3.18. The van der Waals surface area contributed by atoms with Gasteiger partial charge in [-0.15, -0.1) is 0 Å². The molecule has 2 aromatic rings. The summed E-state index contributed by atoms with van der Waals surface area (Å²) in [5.74, 6) is 0.339. The summed E-state index contributed by atoms with van der Waals surface area (Å²) in [6, 6.07) is 9.49. The number of aromatic nitrogens is 2. The minimum absolute atomic E-state index is 0.339. The molecule has 2 rings (SSSR count). The lowest BCUT2D eigenvalue weighted by Gasteiger charge is -2.11. The molecule has 0 aliphatic carbocycles. The van der Waals surface area contributed by atoms with Crippen molar-refractivity contribution in [3.63, 3.8) is 0 Å². The zero-order chi connectivity index (χ0) is 15.8. The summed E-state index contributed by atoms with van der Waals surface area (Å²) < 4.78 is 0. The van der Waals surface area contributed by atoms with Crippen LogP contribution in [0.25, 0.3) is 0 Å². The number of nitrogens with zero attached hydrogens (tertiary/aromatic N) is 3. The molecule has 0 aliphatic rings. The number of nitrogens with one attached hydrogen (secondary N) is 3. The lowest BCUT2D eigenvalue weighted by atomic mass is 10.1. The second-order valence-corrected chi connectivity index (χ2v) is 5.06. The summed E-state index contributed by atoms with van der Waals surface area (Å²) in [4.78, 5) is 21.6. The second kappa shape index (κ2) is 7.94. The zero-order valence-corrected chi connectivity index (χ0v) is 12.7. The van der Waals surface area contributed by atoms with Gasteiger partial charge in [0, 0.05) is 25.5 Å². The molecule has 1 aromatic heterocycles. The van der Waals surface area contributed by atoms with E-state index in [0.717, 1.165) is 12.1 Å². The second-order valence-electron chi connectivity index (χ2n) is 5.06. The van der Waals surface area contributed by atoms with E-state index in [1.165, 1.54) is 5.56 Å². The highest BCUT2D eigenvalue weighted by molar-refractivity contribution is 5.74. The average Bonchev–Trinajstić information content (AvgIpc) is 2.53. The molecule has 1 heterocycles. The first kappa shape index (κ1) is 15.7. The SMILES string of the molecule is CN(C)Cc1ccc(CNC(=O)NNc2ncccn2)cc1. The van der Waals surface area contributed by atoms with Crippen molar-refractivity contribution in [2.24, 2.45) is 0 Å². The van der Waals surface area contributed by atoms with Gasteiger partial charge in [-0.25, -0.2) is 20.2 Å². The van der Waals surface area contributed by atoms with E-state index in [0.29, 0.717) is 12.5 Å². The number of hydrogen-bond acceptors (Lipinski definition) is 5. The molecule has 0 atom stereocenters. The summed E-state index contributed by atoms with van der Waals surface area (Å²) >= 11 is 0. The van der Waals surface area contributed by atoms with Crippen molar-refractivity contribution in [1.82, 2.24) is 25.6 Å². The Morgan fingerprint density at radius 1 is 1.09 bits per heavy atom. The maximum atomic E-state index is 11.7. The number of rotatable bonds is 6. The van der Waals surface area contributed by atoms with Gasteiger partial charge < -0.3 is 10.2 Å². The predicted octanol–water partition coefficient (Wildman–Crippen LogP) is 1.36. The first-order valence-electron chi connectivity index (χ1n) is 6.93. The van der Waals surface area contributed by atoms with Gasteiger partial charge in [-0.3, -0.25) is 5.43 Å². The van der Waals surface area contributed by atoms with Gasteiger partial charge >= 0.3 is 6.03 Å². The van der Waals surface area contributed by atoms with Crippen molar-refractivity contribution in [1.29, 1.82) is 0 Å². The largest absolute Gasteiger partial charge is 0.333 e. The first-order valence-corrected chi connectivity index (χ1v) is 6.93. The van der Waals surface area contributed by atoms with Gasteiger partial charge in [0.1, 0.15) is 0 Å². The maximum Gasteiger partial charge on any atom is 0.333 e. The molecule has 0 saturated heterocycles. The van der Waals surface area contributed by atoms with Crippen LogP contribution in [-0.2, 0) is 13.1 Å². The molecule has 0 spiro atoms. The molecule has 0 saturated carbocycles. The van der Waals surface area contributed by atoms with Crippen LogP contribution in [0.2, 0.25) is 0 Å². The van der Waals surface area contributed by atoms with E-state index in [2.05, 4.69) is 43.2 Å². The molecule has 7 heteroatoms. The minimum atomic E-state index is -0.343. The van der Waals surface area contributed by atoms with E-state index < -0.39 is 0 Å². The Morgan fingerprint density at radius 2 is 1.73 bits per heavy atom. The monoisotopic (exact) mass is 300 g/mol. The summed E-state index contributed by atoms with van der Waals surface area (Å²) in [5.41, 5.74) is 7.37. The van der Waals surface area contributed by atoms with Crippen molar-refractivity contribution >= 4 is 12.0 Å². The number of hydrogen-bond donors (Lipinski definition) is 3. The minimum Gasteiger partial charge on any atom is -0.333 e. The Bertz CT molecular complexity index is 585. The first-order chi connectivity index (χ1) is 10.6. The normalized spacial score (nSPS) is 10.3. The van der Waals surface area contributed by atoms with Gasteiger partial charge in [-0.1, -0.05) is 24.3 Å². The van der Waals surface area contributed by atoms with Crippen molar-refractivity contribution in [3.8, 4) is 0 Å². The van der Waals surface area contributed by atoms with Crippen LogP contribution in [0.5, 0.6) is 0 Å². The molecule has 0 bridgehead atoms. The number of urea groups is 1. The highest BCUT2D eigenvalue weighted by atomic mass is 16.2. The Labute approximate surface area is 129 Å². The summed E-state index contributed by atoms with van der Waals surface area (Å²) in [7, 11) is 4.06. The Morgan fingerprint density at radius 3 is 2.36 bits per heavy atom. The highest BCUT2D eigenvalue weighted by Crippen LogP contribution is 2.05. The number of amides is 2. The van der Waals surface area contributed by atoms with E-state index in [1.54, 1.807) is 18.5 Å². The maximum absolute atomic E-state index is 11.7. The average molecular weight is 300 g/mol. The molecular weight excluding hydrogens is 280 g/mol. The van der Waals surface area contributed by atoms with Gasteiger partial charge in [0.25, 0.3) is 0 Å². The zero-order valence-electron chi connectivity index (χ0n) is 12.7. The molecule has 116 valence electrons. The number of anilines is 1. The van der Waals surface area contributed by atoms with E-state index in [4.69, 9.17) is 0 Å². The van der Waals surface area contributed by atoms with Crippen LogP contribution >= 0.6 is 0 Å². The molecule has 7 nitrogen and oxygen atoms in total. The van der Waals surface area contributed by atoms with Gasteiger partial charge in [0.15, 0.2) is 0 Å². The molecule has 0 aliphatic heterocycles. The van der Waals surface area contributed by atoms with Crippen LogP contribution in [0.3, 0.4) is 0 Å². The lowest BCUT2D eigenvalue weighted by Crippen LogP contribution is -2.39. The summed E-state index contributed by atoms with van der Waals surface area (Å²) in [6.45, 7) is 1.35. The molecule has 2 amide bonds. The number of benzene rings is 1. The Kier molecular flexibility index (Phi) is 5.67. The van der Waals surface area contributed by atoms with E-state index in [9.17, 15) is 4.79 Å². The van der Waals surface area contributed by atoms with E-state index >= 15 is 0 Å². The smallest absolute Gasteiger partial charge is 0.333 e. The third-order valence-electron chi connectivity index (χ3n) is 2.83.